The van der Waals surface area contributed by atoms with Crippen LogP contribution in [0.15, 0.2) is 42.5 Å². The first-order valence-corrected chi connectivity index (χ1v) is 7.48. The van der Waals surface area contributed by atoms with Gasteiger partial charge in [0.25, 0.3) is 5.91 Å². The van der Waals surface area contributed by atoms with Crippen molar-refractivity contribution in [1.29, 1.82) is 5.26 Å². The Labute approximate surface area is 133 Å². The molecule has 0 unspecified atom stereocenters. The predicted octanol–water partition coefficient (Wildman–Crippen LogP) is 3.83. The first-order chi connectivity index (χ1) is 10.7. The molecule has 2 aromatic carbocycles. The second kappa shape index (κ2) is 6.05. The van der Waals surface area contributed by atoms with Crippen molar-refractivity contribution in [2.45, 2.75) is 6.42 Å². The van der Waals surface area contributed by atoms with Crippen LogP contribution in [0.3, 0.4) is 0 Å². The third-order valence-electron chi connectivity index (χ3n) is 3.63. The monoisotopic (exact) mass is 308 g/mol. The number of hydrogen-bond acceptors (Lipinski definition) is 2. The maximum Gasteiger partial charge on any atom is 0.256 e. The van der Waals surface area contributed by atoms with Crippen LogP contribution >= 0.6 is 11.6 Å². The zero-order valence-corrected chi connectivity index (χ0v) is 12.5. The van der Waals surface area contributed by atoms with Crippen LogP contribution in [-0.4, -0.2) is 11.8 Å². The highest BCUT2D eigenvalue weighted by molar-refractivity contribution is 6.35. The highest BCUT2D eigenvalue weighted by atomic mass is 35.5. The van der Waals surface area contributed by atoms with Crippen molar-refractivity contribution in [2.24, 2.45) is 0 Å². The van der Waals surface area contributed by atoms with Gasteiger partial charge in [-0.25, -0.2) is 0 Å². The summed E-state index contributed by atoms with van der Waals surface area (Å²) < 4.78 is 0. The number of nitriles is 1. The lowest BCUT2D eigenvalue weighted by Gasteiger charge is -2.03. The van der Waals surface area contributed by atoms with E-state index in [0.717, 1.165) is 28.8 Å². The summed E-state index contributed by atoms with van der Waals surface area (Å²) in [6.45, 7) is 0. The molecule has 0 bridgehead atoms. The fraction of sp³-hybridized carbons (Fsp3) is 0.111. The molecule has 1 N–H and O–H groups in total. The molecule has 22 heavy (non-hydrogen) atoms. The molecule has 1 amide bonds. The fourth-order valence-corrected chi connectivity index (χ4v) is 2.74. The Bertz CT molecular complexity index is 818. The van der Waals surface area contributed by atoms with E-state index in [9.17, 15) is 10.1 Å². The van der Waals surface area contributed by atoms with E-state index in [1.54, 1.807) is 12.1 Å². The number of hydrogen-bond donors (Lipinski definition) is 1. The standard InChI is InChI=1S/C18H13ClN2O/c19-8-7-12-5-6-17-15(9-12)16(18(22)21-17)10-13-3-1-2-4-14(13)11-20/h1-6,9-10H,7-8H2,(H,21,22). The molecule has 108 valence electrons. The van der Waals surface area contributed by atoms with Gasteiger partial charge in [0.1, 0.15) is 0 Å². The number of anilines is 1. The van der Waals surface area contributed by atoms with Crippen molar-refractivity contribution >= 4 is 34.8 Å². The van der Waals surface area contributed by atoms with Crippen molar-refractivity contribution in [1.82, 2.24) is 0 Å². The Morgan fingerprint density at radius 3 is 2.82 bits per heavy atom. The Morgan fingerprint density at radius 2 is 2.05 bits per heavy atom. The number of benzene rings is 2. The molecule has 0 saturated carbocycles. The number of amides is 1. The Balaban J connectivity index is 2.09. The average molecular weight is 309 g/mol. The molecule has 1 heterocycles. The van der Waals surface area contributed by atoms with Gasteiger partial charge in [0.05, 0.1) is 11.6 Å². The second-order valence-corrected chi connectivity index (χ2v) is 5.41. The number of nitrogens with zero attached hydrogens (tertiary/aromatic N) is 1. The molecule has 4 heteroatoms. The summed E-state index contributed by atoms with van der Waals surface area (Å²) in [5.74, 6) is 0.391. The van der Waals surface area contributed by atoms with Gasteiger partial charge in [-0.2, -0.15) is 5.26 Å². The average Bonchev–Trinajstić information content (AvgIpc) is 2.84. The van der Waals surface area contributed by atoms with E-state index in [4.69, 9.17) is 11.6 Å². The second-order valence-electron chi connectivity index (χ2n) is 5.03. The quantitative estimate of drug-likeness (QED) is 0.692. The molecule has 0 atom stereocenters. The van der Waals surface area contributed by atoms with Gasteiger partial charge in [-0.3, -0.25) is 4.79 Å². The molecule has 0 aromatic heterocycles. The van der Waals surface area contributed by atoms with Crippen LogP contribution in [0.1, 0.15) is 22.3 Å². The number of rotatable bonds is 3. The molecule has 3 rings (SSSR count). The summed E-state index contributed by atoms with van der Waals surface area (Å²) >= 11 is 5.79. The van der Waals surface area contributed by atoms with Crippen LogP contribution in [0.25, 0.3) is 11.6 Å². The highest BCUT2D eigenvalue weighted by Gasteiger charge is 2.24. The zero-order valence-electron chi connectivity index (χ0n) is 11.8. The summed E-state index contributed by atoms with van der Waals surface area (Å²) in [5.41, 5.74) is 4.61. The van der Waals surface area contributed by atoms with Crippen LogP contribution < -0.4 is 5.32 Å². The van der Waals surface area contributed by atoms with Gasteiger partial charge in [0.15, 0.2) is 0 Å². The molecule has 0 radical (unpaired) electrons. The highest BCUT2D eigenvalue weighted by Crippen LogP contribution is 2.34. The normalized spacial score (nSPS) is 14.5. The van der Waals surface area contributed by atoms with E-state index in [1.807, 2.05) is 36.4 Å². The van der Waals surface area contributed by atoms with Gasteiger partial charge in [-0.05, 0) is 41.8 Å². The van der Waals surface area contributed by atoms with Crippen molar-refractivity contribution in [3.8, 4) is 6.07 Å². The van der Waals surface area contributed by atoms with Crippen molar-refractivity contribution in [3.63, 3.8) is 0 Å². The van der Waals surface area contributed by atoms with Crippen molar-refractivity contribution in [2.75, 3.05) is 11.2 Å². The summed E-state index contributed by atoms with van der Waals surface area (Å²) in [6, 6.07) is 15.2. The van der Waals surface area contributed by atoms with Crippen molar-refractivity contribution < 1.29 is 4.79 Å². The van der Waals surface area contributed by atoms with E-state index in [2.05, 4.69) is 11.4 Å². The topological polar surface area (TPSA) is 52.9 Å². The minimum Gasteiger partial charge on any atom is -0.321 e. The smallest absolute Gasteiger partial charge is 0.256 e. The molecular formula is C18H13ClN2O. The zero-order chi connectivity index (χ0) is 15.5. The van der Waals surface area contributed by atoms with E-state index < -0.39 is 0 Å². The van der Waals surface area contributed by atoms with E-state index in [1.165, 1.54) is 0 Å². The fourth-order valence-electron chi connectivity index (χ4n) is 2.52. The summed E-state index contributed by atoms with van der Waals surface area (Å²) in [5, 5.41) is 12.0. The summed E-state index contributed by atoms with van der Waals surface area (Å²) in [6.07, 6.45) is 2.52. The van der Waals surface area contributed by atoms with Gasteiger partial charge in [0, 0.05) is 22.7 Å². The first-order valence-electron chi connectivity index (χ1n) is 6.94. The number of fused-ring (bicyclic) bond motifs is 1. The number of carbonyl (C=O) groups excluding carboxylic acids is 1. The van der Waals surface area contributed by atoms with Gasteiger partial charge < -0.3 is 5.32 Å². The van der Waals surface area contributed by atoms with Crippen molar-refractivity contribution in [3.05, 3.63) is 64.7 Å². The minimum absolute atomic E-state index is 0.147. The number of halogens is 1. The third-order valence-corrected chi connectivity index (χ3v) is 3.82. The van der Waals surface area contributed by atoms with E-state index in [0.29, 0.717) is 17.0 Å². The Hall–Kier alpha value is -2.57. The van der Waals surface area contributed by atoms with Gasteiger partial charge in [-0.15, -0.1) is 11.6 Å². The maximum atomic E-state index is 12.2. The van der Waals surface area contributed by atoms with Gasteiger partial charge in [0.2, 0.25) is 0 Å². The first kappa shape index (κ1) is 14.4. The molecule has 3 nitrogen and oxygen atoms in total. The molecule has 1 aliphatic rings. The maximum absolute atomic E-state index is 12.2. The van der Waals surface area contributed by atoms with E-state index in [-0.39, 0.29) is 5.91 Å². The largest absolute Gasteiger partial charge is 0.321 e. The molecule has 2 aromatic rings. The number of alkyl halides is 1. The molecule has 0 fully saturated rings. The molecule has 0 saturated heterocycles. The third kappa shape index (κ3) is 2.61. The van der Waals surface area contributed by atoms with E-state index >= 15 is 0 Å². The molecule has 0 spiro atoms. The molecule has 1 aliphatic heterocycles. The lowest BCUT2D eigenvalue weighted by atomic mass is 9.99. The Kier molecular flexibility index (Phi) is 3.95. The number of nitrogens with one attached hydrogen (secondary N) is 1. The van der Waals surface area contributed by atoms with Crippen LogP contribution in [-0.2, 0) is 11.2 Å². The summed E-state index contributed by atoms with van der Waals surface area (Å²) in [7, 11) is 0. The van der Waals surface area contributed by atoms with Crippen LogP contribution in [0, 0.1) is 11.3 Å². The summed E-state index contributed by atoms with van der Waals surface area (Å²) in [4.78, 5) is 12.2. The van der Waals surface area contributed by atoms with Crippen LogP contribution in [0.4, 0.5) is 5.69 Å². The SMILES string of the molecule is N#Cc1ccccc1C=C1C(=O)Nc2ccc(CCCl)cc21. The van der Waals surface area contributed by atoms with Gasteiger partial charge in [-0.1, -0.05) is 24.3 Å². The van der Waals surface area contributed by atoms with Gasteiger partial charge >= 0.3 is 0 Å². The molecule has 0 aliphatic carbocycles. The minimum atomic E-state index is -0.147. The lowest BCUT2D eigenvalue weighted by Crippen LogP contribution is -2.03. The number of carbonyl (C=O) groups is 1. The molecular weight excluding hydrogens is 296 g/mol. The van der Waals surface area contributed by atoms with Crippen LogP contribution in [0.5, 0.6) is 0 Å². The Morgan fingerprint density at radius 1 is 1.23 bits per heavy atom. The number of aryl methyl sites for hydroxylation is 1. The lowest BCUT2D eigenvalue weighted by molar-refractivity contribution is -0.110. The predicted molar refractivity (Wildman–Crippen MR) is 88.5 cm³/mol. The van der Waals surface area contributed by atoms with Crippen LogP contribution in [0.2, 0.25) is 0 Å².